The Morgan fingerprint density at radius 2 is 2.28 bits per heavy atom. The van der Waals surface area contributed by atoms with Crippen molar-refractivity contribution >= 4 is 5.91 Å². The molecule has 0 radical (unpaired) electrons. The molecule has 0 bridgehead atoms. The average molecular weight is 249 g/mol. The van der Waals surface area contributed by atoms with Gasteiger partial charge in [-0.25, -0.2) is 0 Å². The van der Waals surface area contributed by atoms with Crippen LogP contribution in [0, 0.1) is 11.8 Å². The first kappa shape index (κ1) is 13.1. The van der Waals surface area contributed by atoms with E-state index in [-0.39, 0.29) is 5.91 Å². The molecule has 1 heterocycles. The molecular formula is C14H23N3O. The van der Waals surface area contributed by atoms with Crippen LogP contribution < -0.4 is 5.32 Å². The van der Waals surface area contributed by atoms with Gasteiger partial charge in [0.05, 0.1) is 0 Å². The van der Waals surface area contributed by atoms with Gasteiger partial charge in [0, 0.05) is 31.4 Å². The lowest BCUT2D eigenvalue weighted by molar-refractivity contribution is -0.122. The molecule has 100 valence electrons. The molecule has 1 saturated carbocycles. The van der Waals surface area contributed by atoms with Crippen molar-refractivity contribution in [2.45, 2.75) is 52.1 Å². The smallest absolute Gasteiger partial charge is 0.222 e. The zero-order valence-corrected chi connectivity index (χ0v) is 11.3. The zero-order valence-electron chi connectivity index (χ0n) is 11.3. The van der Waals surface area contributed by atoms with Crippen LogP contribution in [-0.2, 0) is 11.3 Å². The fourth-order valence-corrected chi connectivity index (χ4v) is 2.71. The van der Waals surface area contributed by atoms with E-state index in [9.17, 15) is 4.79 Å². The molecule has 1 fully saturated rings. The third kappa shape index (κ3) is 3.34. The summed E-state index contributed by atoms with van der Waals surface area (Å²) >= 11 is 0. The summed E-state index contributed by atoms with van der Waals surface area (Å²) in [6.07, 6.45) is 7.79. The topological polar surface area (TPSA) is 46.9 Å². The molecule has 0 saturated heterocycles. The highest BCUT2D eigenvalue weighted by Gasteiger charge is 2.27. The van der Waals surface area contributed by atoms with E-state index in [0.29, 0.717) is 24.9 Å². The van der Waals surface area contributed by atoms with Crippen LogP contribution in [0.25, 0.3) is 0 Å². The third-order valence-electron chi connectivity index (χ3n) is 4.18. The van der Waals surface area contributed by atoms with Crippen LogP contribution in [0.5, 0.6) is 0 Å². The number of aromatic nitrogens is 2. The van der Waals surface area contributed by atoms with E-state index in [4.69, 9.17) is 0 Å². The minimum absolute atomic E-state index is 0.149. The Labute approximate surface area is 109 Å². The number of nitrogens with zero attached hydrogens (tertiary/aromatic N) is 2. The Morgan fingerprint density at radius 1 is 1.44 bits per heavy atom. The summed E-state index contributed by atoms with van der Waals surface area (Å²) in [5.41, 5.74) is 0. The maximum absolute atomic E-state index is 11.9. The summed E-state index contributed by atoms with van der Waals surface area (Å²) < 4.78 is 1.80. The monoisotopic (exact) mass is 249 g/mol. The van der Waals surface area contributed by atoms with Gasteiger partial charge >= 0.3 is 0 Å². The lowest BCUT2D eigenvalue weighted by Gasteiger charge is -2.34. The fraction of sp³-hybridized carbons (Fsp3) is 0.714. The molecule has 1 aromatic heterocycles. The van der Waals surface area contributed by atoms with Gasteiger partial charge < -0.3 is 5.32 Å². The van der Waals surface area contributed by atoms with E-state index in [1.54, 1.807) is 10.9 Å². The van der Waals surface area contributed by atoms with Crippen LogP contribution in [0.1, 0.15) is 39.5 Å². The third-order valence-corrected chi connectivity index (χ3v) is 4.18. The molecule has 0 unspecified atom stereocenters. The van der Waals surface area contributed by atoms with Crippen molar-refractivity contribution in [2.24, 2.45) is 11.8 Å². The standard InChI is InChI=1S/C14H23N3O/c1-11-5-3-6-13(12(11)2)16-14(18)7-10-17-9-4-8-15-17/h4,8-9,11-13H,3,5-7,10H2,1-2H3,(H,16,18)/t11-,12-,13+/m1/s1. The summed E-state index contributed by atoms with van der Waals surface area (Å²) in [6.45, 7) is 5.20. The zero-order chi connectivity index (χ0) is 13.0. The second-order valence-corrected chi connectivity index (χ2v) is 5.46. The van der Waals surface area contributed by atoms with Crippen molar-refractivity contribution in [3.8, 4) is 0 Å². The van der Waals surface area contributed by atoms with Gasteiger partial charge in [-0.3, -0.25) is 9.48 Å². The molecule has 1 N–H and O–H groups in total. The average Bonchev–Trinajstić information content (AvgIpc) is 2.86. The Hall–Kier alpha value is -1.32. The predicted molar refractivity (Wildman–Crippen MR) is 71.0 cm³/mol. The van der Waals surface area contributed by atoms with Crippen molar-refractivity contribution in [2.75, 3.05) is 0 Å². The number of hydrogen-bond acceptors (Lipinski definition) is 2. The Balaban J connectivity index is 1.76. The van der Waals surface area contributed by atoms with Crippen molar-refractivity contribution in [3.05, 3.63) is 18.5 Å². The highest BCUT2D eigenvalue weighted by molar-refractivity contribution is 5.76. The molecule has 18 heavy (non-hydrogen) atoms. The van der Waals surface area contributed by atoms with Gasteiger partial charge in [0.1, 0.15) is 0 Å². The molecule has 2 rings (SSSR count). The highest BCUT2D eigenvalue weighted by atomic mass is 16.1. The summed E-state index contributed by atoms with van der Waals surface area (Å²) in [4.78, 5) is 11.9. The van der Waals surface area contributed by atoms with E-state index in [2.05, 4.69) is 24.3 Å². The van der Waals surface area contributed by atoms with Gasteiger partial charge in [-0.1, -0.05) is 26.7 Å². The lowest BCUT2D eigenvalue weighted by Crippen LogP contribution is -2.43. The molecule has 1 aromatic rings. The number of nitrogens with one attached hydrogen (secondary N) is 1. The van der Waals surface area contributed by atoms with Crippen molar-refractivity contribution in [3.63, 3.8) is 0 Å². The molecule has 0 aromatic carbocycles. The Bertz CT molecular complexity index is 374. The van der Waals surface area contributed by atoms with E-state index >= 15 is 0 Å². The van der Waals surface area contributed by atoms with E-state index in [1.807, 2.05) is 12.3 Å². The quantitative estimate of drug-likeness (QED) is 0.889. The SMILES string of the molecule is C[C@@H]1[C@H](C)CCC[C@@H]1NC(=O)CCn1cccn1. The summed E-state index contributed by atoms with van der Waals surface area (Å²) in [5.74, 6) is 1.46. The number of carbonyl (C=O) groups is 1. The van der Waals surface area contributed by atoms with Gasteiger partial charge in [0.25, 0.3) is 0 Å². The fourth-order valence-electron chi connectivity index (χ4n) is 2.71. The number of rotatable bonds is 4. The second kappa shape index (κ2) is 6.03. The van der Waals surface area contributed by atoms with Gasteiger partial charge in [0.15, 0.2) is 0 Å². The van der Waals surface area contributed by atoms with Crippen LogP contribution in [0.4, 0.5) is 0 Å². The maximum Gasteiger partial charge on any atom is 0.222 e. The van der Waals surface area contributed by atoms with Gasteiger partial charge in [-0.2, -0.15) is 5.10 Å². The van der Waals surface area contributed by atoms with Gasteiger partial charge in [0.2, 0.25) is 5.91 Å². The molecule has 1 aliphatic rings. The largest absolute Gasteiger partial charge is 0.353 e. The van der Waals surface area contributed by atoms with Gasteiger partial charge in [-0.05, 0) is 24.3 Å². The van der Waals surface area contributed by atoms with Crippen LogP contribution in [0.3, 0.4) is 0 Å². The number of aryl methyl sites for hydroxylation is 1. The highest BCUT2D eigenvalue weighted by Crippen LogP contribution is 2.29. The van der Waals surface area contributed by atoms with Crippen molar-refractivity contribution in [1.82, 2.24) is 15.1 Å². The lowest BCUT2D eigenvalue weighted by atomic mass is 9.78. The summed E-state index contributed by atoms with van der Waals surface area (Å²) in [6, 6.07) is 2.24. The van der Waals surface area contributed by atoms with E-state index < -0.39 is 0 Å². The van der Waals surface area contributed by atoms with Crippen LogP contribution in [0.15, 0.2) is 18.5 Å². The Morgan fingerprint density at radius 3 is 3.00 bits per heavy atom. The normalized spacial score (nSPS) is 28.0. The summed E-state index contributed by atoms with van der Waals surface area (Å²) in [5, 5.41) is 7.28. The molecular weight excluding hydrogens is 226 g/mol. The first-order valence-electron chi connectivity index (χ1n) is 6.93. The molecule has 4 heteroatoms. The first-order valence-corrected chi connectivity index (χ1v) is 6.93. The number of carbonyl (C=O) groups excluding carboxylic acids is 1. The Kier molecular flexibility index (Phi) is 4.39. The van der Waals surface area contributed by atoms with Crippen LogP contribution >= 0.6 is 0 Å². The summed E-state index contributed by atoms with van der Waals surface area (Å²) in [7, 11) is 0. The van der Waals surface area contributed by atoms with Crippen molar-refractivity contribution in [1.29, 1.82) is 0 Å². The molecule has 1 aliphatic carbocycles. The van der Waals surface area contributed by atoms with Crippen molar-refractivity contribution < 1.29 is 4.79 Å². The molecule has 1 amide bonds. The maximum atomic E-state index is 11.9. The molecule has 0 spiro atoms. The van der Waals surface area contributed by atoms with E-state index in [1.165, 1.54) is 12.8 Å². The van der Waals surface area contributed by atoms with Crippen LogP contribution in [-0.4, -0.2) is 21.7 Å². The van der Waals surface area contributed by atoms with E-state index in [0.717, 1.165) is 12.3 Å². The minimum Gasteiger partial charge on any atom is -0.353 e. The van der Waals surface area contributed by atoms with Gasteiger partial charge in [-0.15, -0.1) is 0 Å². The molecule has 3 atom stereocenters. The minimum atomic E-state index is 0.149. The molecule has 4 nitrogen and oxygen atoms in total. The number of hydrogen-bond donors (Lipinski definition) is 1. The van der Waals surface area contributed by atoms with Crippen LogP contribution in [0.2, 0.25) is 0 Å². The predicted octanol–water partition coefficient (Wildman–Crippen LogP) is 2.21. The second-order valence-electron chi connectivity index (χ2n) is 5.46. The molecule has 0 aliphatic heterocycles. The first-order chi connectivity index (χ1) is 8.66. The number of amides is 1.